The molecule has 0 aliphatic carbocycles. The lowest BCUT2D eigenvalue weighted by molar-refractivity contribution is -0.256. The Labute approximate surface area is 160 Å². The molecule has 0 bridgehead atoms. The summed E-state index contributed by atoms with van der Waals surface area (Å²) in [6.07, 6.45) is -7.46. The largest absolute Gasteiger partial charge is 0.463 e. The Morgan fingerprint density at radius 2 is 1.29 bits per heavy atom. The van der Waals surface area contributed by atoms with E-state index in [-0.39, 0.29) is 0 Å². The Bertz CT molecular complexity index is 620. The predicted octanol–water partition coefficient (Wildman–Crippen LogP) is -0.574. The van der Waals surface area contributed by atoms with Crippen LogP contribution in [0.1, 0.15) is 27.7 Å². The molecule has 5 atom stereocenters. The van der Waals surface area contributed by atoms with Crippen LogP contribution in [-0.4, -0.2) is 74.3 Å². The molecular weight excluding hydrogens is 382 g/mol. The Hall–Kier alpha value is -2.89. The molecule has 12 nitrogen and oxygen atoms in total. The van der Waals surface area contributed by atoms with Gasteiger partial charge in [-0.25, -0.2) is 4.79 Å². The summed E-state index contributed by atoms with van der Waals surface area (Å²) in [4.78, 5) is 57.5. The summed E-state index contributed by atoms with van der Waals surface area (Å²) in [7, 11) is 1.10. The van der Waals surface area contributed by atoms with Crippen LogP contribution in [0, 0.1) is 0 Å². The van der Waals surface area contributed by atoms with Crippen LogP contribution < -0.4 is 5.32 Å². The minimum absolute atomic E-state index is 0.392. The zero-order chi connectivity index (χ0) is 21.4. The molecule has 1 aliphatic heterocycles. The Morgan fingerprint density at radius 3 is 1.75 bits per heavy atom. The first-order valence-corrected chi connectivity index (χ1v) is 8.20. The van der Waals surface area contributed by atoms with E-state index in [1.54, 1.807) is 0 Å². The molecule has 1 aliphatic rings. The van der Waals surface area contributed by atoms with E-state index in [1.807, 2.05) is 0 Å². The van der Waals surface area contributed by atoms with Crippen molar-refractivity contribution in [3.63, 3.8) is 0 Å². The van der Waals surface area contributed by atoms with E-state index in [2.05, 4.69) is 10.1 Å². The van der Waals surface area contributed by atoms with Gasteiger partial charge in [0.1, 0.15) is 12.7 Å². The maximum atomic E-state index is 11.6. The first-order valence-electron chi connectivity index (χ1n) is 8.20. The van der Waals surface area contributed by atoms with Crippen LogP contribution in [0.2, 0.25) is 0 Å². The number of alkyl carbamates (subject to hydrolysis) is 1. The van der Waals surface area contributed by atoms with Gasteiger partial charge in [0, 0.05) is 27.7 Å². The second-order valence-electron chi connectivity index (χ2n) is 5.76. The van der Waals surface area contributed by atoms with Gasteiger partial charge in [-0.2, -0.15) is 0 Å². The molecule has 0 saturated carbocycles. The van der Waals surface area contributed by atoms with Crippen LogP contribution >= 0.6 is 0 Å². The smallest absolute Gasteiger partial charge is 0.408 e. The van der Waals surface area contributed by atoms with Gasteiger partial charge in [0.25, 0.3) is 0 Å². The van der Waals surface area contributed by atoms with E-state index in [1.165, 1.54) is 0 Å². The zero-order valence-electron chi connectivity index (χ0n) is 16.1. The number of carbonyl (C=O) groups is 5. The Kier molecular flexibility index (Phi) is 8.64. The molecule has 1 fully saturated rings. The summed E-state index contributed by atoms with van der Waals surface area (Å²) >= 11 is 0. The third-order valence-electron chi connectivity index (χ3n) is 3.44. The second kappa shape index (κ2) is 10.4. The van der Waals surface area contributed by atoms with Crippen molar-refractivity contribution in [1.29, 1.82) is 0 Å². The fourth-order valence-electron chi connectivity index (χ4n) is 2.52. The highest BCUT2D eigenvalue weighted by atomic mass is 16.7. The zero-order valence-corrected chi connectivity index (χ0v) is 16.1. The minimum Gasteiger partial charge on any atom is -0.463 e. The van der Waals surface area contributed by atoms with Crippen molar-refractivity contribution in [2.75, 3.05) is 13.7 Å². The molecule has 0 radical (unpaired) electrons. The average Bonchev–Trinajstić information content (AvgIpc) is 2.57. The molecule has 1 amide bonds. The van der Waals surface area contributed by atoms with Gasteiger partial charge in [-0.1, -0.05) is 0 Å². The van der Waals surface area contributed by atoms with Crippen molar-refractivity contribution < 1.29 is 52.4 Å². The third kappa shape index (κ3) is 7.02. The minimum atomic E-state index is -1.38. The van der Waals surface area contributed by atoms with Gasteiger partial charge >= 0.3 is 30.0 Å². The average molecular weight is 405 g/mol. The van der Waals surface area contributed by atoms with Gasteiger partial charge < -0.3 is 28.4 Å². The van der Waals surface area contributed by atoms with E-state index in [9.17, 15) is 24.0 Å². The fraction of sp³-hybridized carbons (Fsp3) is 0.688. The highest BCUT2D eigenvalue weighted by Crippen LogP contribution is 2.28. The third-order valence-corrected chi connectivity index (χ3v) is 3.44. The van der Waals surface area contributed by atoms with Gasteiger partial charge in [-0.3, -0.25) is 24.5 Å². The molecule has 1 heterocycles. The van der Waals surface area contributed by atoms with Gasteiger partial charge in [-0.15, -0.1) is 0 Å². The molecule has 1 N–H and O–H groups in total. The maximum Gasteiger partial charge on any atom is 0.408 e. The SMILES string of the molecule is COC(=O)N[C@@H]1O[C@H](COC(C)=O)[C@H](OC(C)=O)[C@H](OC(C)=O)[C@H]1OC(C)=O. The summed E-state index contributed by atoms with van der Waals surface area (Å²) < 4.78 is 30.5. The summed E-state index contributed by atoms with van der Waals surface area (Å²) in [6.45, 7) is 4.05. The van der Waals surface area contributed by atoms with Crippen molar-refractivity contribution in [1.82, 2.24) is 5.32 Å². The first-order chi connectivity index (χ1) is 13.0. The van der Waals surface area contributed by atoms with E-state index in [4.69, 9.17) is 23.7 Å². The Morgan fingerprint density at radius 1 is 0.786 bits per heavy atom. The second-order valence-corrected chi connectivity index (χ2v) is 5.76. The molecule has 1 saturated heterocycles. The molecular formula is C16H23NO11. The van der Waals surface area contributed by atoms with Crippen molar-refractivity contribution in [3.8, 4) is 0 Å². The summed E-state index contributed by atoms with van der Waals surface area (Å²) in [5.41, 5.74) is 0. The maximum absolute atomic E-state index is 11.6. The number of rotatable bonds is 6. The fourth-order valence-corrected chi connectivity index (χ4v) is 2.52. The van der Waals surface area contributed by atoms with Crippen LogP contribution in [0.5, 0.6) is 0 Å². The molecule has 0 spiro atoms. The van der Waals surface area contributed by atoms with E-state index >= 15 is 0 Å². The number of carbonyl (C=O) groups excluding carboxylic acids is 5. The van der Waals surface area contributed by atoms with Crippen molar-refractivity contribution in [3.05, 3.63) is 0 Å². The molecule has 0 aromatic rings. The standard InChI is InChI=1S/C16H23NO11/c1-7(18)24-6-11-12(25-8(2)19)13(26-9(3)20)14(27-10(4)21)15(28-11)17-16(22)23-5/h11-15H,6H2,1-5H3,(H,17,22)/t11-,12+,13+,14-,15-/m1/s1. The molecule has 1 rings (SSSR count). The lowest BCUT2D eigenvalue weighted by Crippen LogP contribution is -2.66. The van der Waals surface area contributed by atoms with Gasteiger partial charge in [0.2, 0.25) is 0 Å². The van der Waals surface area contributed by atoms with Gasteiger partial charge in [0.15, 0.2) is 24.5 Å². The van der Waals surface area contributed by atoms with Crippen LogP contribution in [0.3, 0.4) is 0 Å². The number of esters is 4. The highest BCUT2D eigenvalue weighted by molar-refractivity contribution is 5.69. The van der Waals surface area contributed by atoms with Crippen LogP contribution in [0.25, 0.3) is 0 Å². The summed E-state index contributed by atoms with van der Waals surface area (Å²) in [6, 6.07) is 0. The number of ether oxygens (including phenoxy) is 6. The van der Waals surface area contributed by atoms with E-state index in [0.29, 0.717) is 0 Å². The van der Waals surface area contributed by atoms with Crippen molar-refractivity contribution in [2.24, 2.45) is 0 Å². The molecule has 12 heteroatoms. The number of methoxy groups -OCH3 is 1. The van der Waals surface area contributed by atoms with Crippen molar-refractivity contribution >= 4 is 30.0 Å². The van der Waals surface area contributed by atoms with E-state index < -0.39 is 67.2 Å². The highest BCUT2D eigenvalue weighted by Gasteiger charge is 2.52. The first kappa shape index (κ1) is 23.1. The molecule has 28 heavy (non-hydrogen) atoms. The lowest BCUT2D eigenvalue weighted by Gasteiger charge is -2.44. The topological polar surface area (TPSA) is 153 Å². The van der Waals surface area contributed by atoms with Gasteiger partial charge in [0.05, 0.1) is 7.11 Å². The molecule has 0 aromatic heterocycles. The number of hydrogen-bond acceptors (Lipinski definition) is 11. The van der Waals surface area contributed by atoms with Gasteiger partial charge in [-0.05, 0) is 0 Å². The molecule has 0 aromatic carbocycles. The monoisotopic (exact) mass is 405 g/mol. The number of amides is 1. The van der Waals surface area contributed by atoms with Crippen molar-refractivity contribution in [2.45, 2.75) is 58.3 Å². The van der Waals surface area contributed by atoms with Crippen LogP contribution in [0.4, 0.5) is 4.79 Å². The molecule has 0 unspecified atom stereocenters. The van der Waals surface area contributed by atoms with Crippen LogP contribution in [-0.2, 0) is 47.6 Å². The quantitative estimate of drug-likeness (QED) is 0.446. The Balaban J connectivity index is 3.30. The summed E-state index contributed by atoms with van der Waals surface area (Å²) in [5, 5.41) is 2.29. The number of hydrogen-bond donors (Lipinski definition) is 1. The predicted molar refractivity (Wildman–Crippen MR) is 87.5 cm³/mol. The lowest BCUT2D eigenvalue weighted by atomic mass is 9.97. The molecule has 158 valence electrons. The summed E-state index contributed by atoms with van der Waals surface area (Å²) in [5.74, 6) is -2.94. The normalized spacial score (nSPS) is 26.4. The number of nitrogens with one attached hydrogen (secondary N) is 1. The van der Waals surface area contributed by atoms with Crippen LogP contribution in [0.15, 0.2) is 0 Å². The van der Waals surface area contributed by atoms with E-state index in [0.717, 1.165) is 34.8 Å².